The molecule has 0 amide bonds. The average molecular weight is 664 g/mol. The second kappa shape index (κ2) is 11.4. The normalized spacial score (nSPS) is 15.4. The van der Waals surface area contributed by atoms with Crippen LogP contribution < -0.4 is 16.4 Å². The third kappa shape index (κ3) is 7.30. The van der Waals surface area contributed by atoms with Gasteiger partial charge in [-0.3, -0.25) is 0 Å². The van der Waals surface area contributed by atoms with E-state index in [2.05, 4.69) is 0 Å². The summed E-state index contributed by atoms with van der Waals surface area (Å²) in [6, 6.07) is 20.6. The SMILES string of the molecule is ClC(Cl)(Cl)c1cccc(B2OB(c3cccc(C(Cl)(Cl)Cl)c3)OB(c3cccc(C(Cl)(Cl)Cl)c3)O2)c1. The van der Waals surface area contributed by atoms with Gasteiger partial charge in [-0.2, -0.15) is 0 Å². The topological polar surface area (TPSA) is 27.7 Å². The largest absolute Gasteiger partial charge is 0.467 e. The number of rotatable bonds is 3. The van der Waals surface area contributed by atoms with Crippen LogP contribution in [-0.4, -0.2) is 21.4 Å². The molecule has 4 rings (SSSR count). The maximum atomic E-state index is 6.16. The quantitative estimate of drug-likeness (QED) is 0.230. The molecule has 0 saturated carbocycles. The van der Waals surface area contributed by atoms with E-state index in [9.17, 15) is 0 Å². The van der Waals surface area contributed by atoms with Crippen molar-refractivity contribution < 1.29 is 13.7 Å². The van der Waals surface area contributed by atoms with Gasteiger partial charge in [0.2, 0.25) is 11.4 Å². The molecule has 1 heterocycles. The molecule has 3 nitrogen and oxygen atoms in total. The van der Waals surface area contributed by atoms with Gasteiger partial charge < -0.3 is 13.7 Å². The Balaban J connectivity index is 1.75. The summed E-state index contributed by atoms with van der Waals surface area (Å²) in [5.74, 6) is 0. The summed E-state index contributed by atoms with van der Waals surface area (Å²) in [4.78, 5) is 0. The molecule has 0 unspecified atom stereocenters. The molecule has 15 heteroatoms. The van der Waals surface area contributed by atoms with E-state index in [1.54, 1.807) is 72.8 Å². The zero-order chi connectivity index (χ0) is 26.3. The molecule has 186 valence electrons. The smallest absolute Gasteiger partial charge is 0.445 e. The minimum atomic E-state index is -1.64. The summed E-state index contributed by atoms with van der Waals surface area (Å²) < 4.78 is 13.6. The van der Waals surface area contributed by atoms with E-state index in [-0.39, 0.29) is 0 Å². The summed E-state index contributed by atoms with van der Waals surface area (Å²) in [6.07, 6.45) is 0. The van der Waals surface area contributed by atoms with Crippen molar-refractivity contribution in [2.75, 3.05) is 0 Å². The van der Waals surface area contributed by atoms with Crippen LogP contribution in [0.25, 0.3) is 0 Å². The molecule has 0 bridgehead atoms. The van der Waals surface area contributed by atoms with Gasteiger partial charge in [-0.05, 0) is 16.4 Å². The lowest BCUT2D eigenvalue weighted by atomic mass is 9.61. The summed E-state index contributed by atoms with van der Waals surface area (Å²) in [5, 5.41) is 0. The van der Waals surface area contributed by atoms with Crippen molar-refractivity contribution in [1.29, 1.82) is 0 Å². The molecule has 1 fully saturated rings. The highest BCUT2D eigenvalue weighted by Gasteiger charge is 2.44. The van der Waals surface area contributed by atoms with Gasteiger partial charge in [0.1, 0.15) is 0 Å². The first kappa shape index (κ1) is 29.3. The molecule has 0 spiro atoms. The number of hydrogen-bond acceptors (Lipinski definition) is 3. The van der Waals surface area contributed by atoms with Crippen LogP contribution in [0.2, 0.25) is 0 Å². The maximum absolute atomic E-state index is 6.16. The minimum absolute atomic E-state index is 0.438. The van der Waals surface area contributed by atoms with Crippen LogP contribution in [0.4, 0.5) is 0 Å². The van der Waals surface area contributed by atoms with Crippen molar-refractivity contribution in [3.05, 3.63) is 89.5 Å². The Morgan fingerprint density at radius 3 is 0.889 bits per heavy atom. The Morgan fingerprint density at radius 2 is 0.667 bits per heavy atom. The van der Waals surface area contributed by atoms with Gasteiger partial charge in [0.05, 0.1) is 0 Å². The first-order valence-electron chi connectivity index (χ1n) is 10.2. The molecule has 1 saturated heterocycles. The molecule has 0 N–H and O–H groups in total. The number of alkyl halides is 9. The zero-order valence-electron chi connectivity index (χ0n) is 17.8. The van der Waals surface area contributed by atoms with E-state index in [0.717, 1.165) is 0 Å². The fraction of sp³-hybridized carbons (Fsp3) is 0.143. The van der Waals surface area contributed by atoms with Crippen LogP contribution >= 0.6 is 104 Å². The van der Waals surface area contributed by atoms with Crippen molar-refractivity contribution in [1.82, 2.24) is 0 Å². The van der Waals surface area contributed by atoms with Gasteiger partial charge in [-0.1, -0.05) is 177 Å². The molecule has 36 heavy (non-hydrogen) atoms. The van der Waals surface area contributed by atoms with E-state index < -0.39 is 32.7 Å². The molecule has 3 aromatic rings. The Bertz CT molecular complexity index is 1070. The third-order valence-corrected chi connectivity index (χ3v) is 7.16. The molecule has 1 aliphatic rings. The Labute approximate surface area is 254 Å². The van der Waals surface area contributed by atoms with Gasteiger partial charge >= 0.3 is 21.4 Å². The molecule has 1 aliphatic heterocycles. The molecular formula is C21H12B3Cl9O3. The highest BCUT2D eigenvalue weighted by Crippen LogP contribution is 2.39. The molecule has 0 atom stereocenters. The van der Waals surface area contributed by atoms with E-state index in [0.29, 0.717) is 33.1 Å². The first-order chi connectivity index (χ1) is 16.7. The highest BCUT2D eigenvalue weighted by atomic mass is 35.6. The maximum Gasteiger partial charge on any atom is 0.467 e. The van der Waals surface area contributed by atoms with Crippen molar-refractivity contribution in [2.45, 2.75) is 11.4 Å². The molecule has 0 aliphatic carbocycles. The Hall–Kier alpha value is 0.345. The predicted molar refractivity (Wildman–Crippen MR) is 156 cm³/mol. The minimum Gasteiger partial charge on any atom is -0.445 e. The number of halogens is 9. The van der Waals surface area contributed by atoms with Gasteiger partial charge in [-0.25, -0.2) is 0 Å². The van der Waals surface area contributed by atoms with Crippen molar-refractivity contribution in [2.24, 2.45) is 0 Å². The standard InChI is InChI=1S/C21H12B3Cl9O3/c25-19(26,27)13-4-1-7-16(10-13)22-34-23(17-8-2-5-14(11-17)20(28,29)30)36-24(35-22)18-9-3-6-15(12-18)21(31,32)33/h1-12H. The van der Waals surface area contributed by atoms with Crippen LogP contribution in [-0.2, 0) is 25.1 Å². The lowest BCUT2D eigenvalue weighted by Crippen LogP contribution is -2.61. The van der Waals surface area contributed by atoms with E-state index >= 15 is 0 Å². The van der Waals surface area contributed by atoms with Crippen LogP contribution in [0.3, 0.4) is 0 Å². The average Bonchev–Trinajstić information content (AvgIpc) is 2.82. The highest BCUT2D eigenvalue weighted by molar-refractivity contribution is 6.87. The van der Waals surface area contributed by atoms with E-state index in [4.69, 9.17) is 118 Å². The van der Waals surface area contributed by atoms with Crippen LogP contribution in [0, 0.1) is 0 Å². The van der Waals surface area contributed by atoms with E-state index in [1.807, 2.05) is 0 Å². The zero-order valence-corrected chi connectivity index (χ0v) is 24.6. The number of benzene rings is 3. The lowest BCUT2D eigenvalue weighted by Gasteiger charge is -2.32. The number of hydrogen-bond donors (Lipinski definition) is 0. The second-order valence-corrected chi connectivity index (χ2v) is 14.6. The van der Waals surface area contributed by atoms with Crippen LogP contribution in [0.1, 0.15) is 16.7 Å². The summed E-state index contributed by atoms with van der Waals surface area (Å²) >= 11 is 54.8. The Kier molecular flexibility index (Phi) is 9.33. The van der Waals surface area contributed by atoms with Crippen molar-refractivity contribution >= 4 is 142 Å². The summed E-state index contributed by atoms with van der Waals surface area (Å²) in [7, 11) is -2.77. The summed E-state index contributed by atoms with van der Waals surface area (Å²) in [5.41, 5.74) is 3.08. The van der Waals surface area contributed by atoms with Crippen LogP contribution in [0.5, 0.6) is 0 Å². The first-order valence-corrected chi connectivity index (χ1v) is 13.6. The van der Waals surface area contributed by atoms with Crippen molar-refractivity contribution in [3.8, 4) is 0 Å². The molecule has 0 radical (unpaired) electrons. The third-order valence-electron chi connectivity index (χ3n) is 5.20. The van der Waals surface area contributed by atoms with Gasteiger partial charge in [0.15, 0.2) is 0 Å². The predicted octanol–water partition coefficient (Wildman–Crippen LogP) is 6.72. The lowest BCUT2D eigenvalue weighted by molar-refractivity contribution is 0.308. The molecule has 0 aromatic heterocycles. The second-order valence-electron chi connectivity index (χ2n) is 7.77. The Morgan fingerprint density at radius 1 is 0.417 bits per heavy atom. The monoisotopic (exact) mass is 660 g/mol. The molecular weight excluding hydrogens is 652 g/mol. The molecule has 3 aromatic carbocycles. The fourth-order valence-corrected chi connectivity index (χ4v) is 4.55. The van der Waals surface area contributed by atoms with Gasteiger partial charge in [0.25, 0.3) is 0 Å². The van der Waals surface area contributed by atoms with Crippen LogP contribution in [0.15, 0.2) is 72.8 Å². The summed E-state index contributed by atoms with van der Waals surface area (Å²) in [6.45, 7) is 0. The fourth-order valence-electron chi connectivity index (χ4n) is 3.49. The van der Waals surface area contributed by atoms with Gasteiger partial charge in [0, 0.05) is 16.7 Å². The van der Waals surface area contributed by atoms with Crippen molar-refractivity contribution in [3.63, 3.8) is 0 Å². The van der Waals surface area contributed by atoms with Gasteiger partial charge in [-0.15, -0.1) is 0 Å². The van der Waals surface area contributed by atoms with E-state index in [1.165, 1.54) is 0 Å².